The third-order valence-corrected chi connectivity index (χ3v) is 8.06. The third kappa shape index (κ3) is 6.14. The van der Waals surface area contributed by atoms with Crippen molar-refractivity contribution in [1.82, 2.24) is 4.57 Å². The van der Waals surface area contributed by atoms with Gasteiger partial charge in [-0.05, 0) is 111 Å². The number of aromatic nitrogens is 1. The fourth-order valence-electron chi connectivity index (χ4n) is 5.62. The molecule has 2 nitrogen and oxygen atoms in total. The van der Waals surface area contributed by atoms with Crippen molar-refractivity contribution in [3.05, 3.63) is 230 Å². The van der Waals surface area contributed by atoms with Gasteiger partial charge < -0.3 is 9.47 Å². The lowest BCUT2D eigenvalue weighted by molar-refractivity contribution is 1.18. The van der Waals surface area contributed by atoms with Gasteiger partial charge in [0, 0.05) is 33.5 Å². The summed E-state index contributed by atoms with van der Waals surface area (Å²) in [6.45, 7) is 0. The molecule has 0 saturated heterocycles. The summed E-state index contributed by atoms with van der Waals surface area (Å²) >= 11 is 0. The highest BCUT2D eigenvalue weighted by molar-refractivity contribution is 6.10. The Hall–Kier alpha value is -7.42. The van der Waals surface area contributed by atoms with Gasteiger partial charge in [-0.3, -0.25) is 0 Å². The molecule has 0 aliphatic rings. The average molecular weight is 753 g/mol. The van der Waals surface area contributed by atoms with E-state index in [0.29, 0.717) is 4.57 Å². The maximum atomic E-state index is 9.76. The van der Waals surface area contributed by atoms with E-state index in [1.54, 1.807) is 0 Å². The molecule has 0 aliphatic carbocycles. The lowest BCUT2D eigenvalue weighted by Crippen LogP contribution is -2.09. The summed E-state index contributed by atoms with van der Waals surface area (Å²) in [6, 6.07) is -43.1. The molecule has 0 N–H and O–H groups in total. The molecular formula is C54H38N2. The molecule has 56 heavy (non-hydrogen) atoms. The zero-order valence-electron chi connectivity index (χ0n) is 65.9. The van der Waals surface area contributed by atoms with Crippen molar-refractivity contribution in [2.75, 3.05) is 4.90 Å². The van der Waals surface area contributed by atoms with E-state index in [0.717, 1.165) is 0 Å². The van der Waals surface area contributed by atoms with Crippen LogP contribution in [0.15, 0.2) is 230 Å². The highest BCUT2D eigenvalue weighted by Crippen LogP contribution is 2.40. The molecule has 2 heteroatoms. The Balaban J connectivity index is 1.37. The first kappa shape index (κ1) is 12.0. The first-order valence-corrected chi connectivity index (χ1v) is 16.1. The van der Waals surface area contributed by atoms with Crippen LogP contribution in [-0.2, 0) is 0 Å². The fraction of sp³-hybridized carbons (Fsp3) is 0. The van der Waals surface area contributed by atoms with Crippen molar-refractivity contribution in [3.8, 4) is 50.2 Å². The predicted octanol–water partition coefficient (Wildman–Crippen LogP) is 14.9. The summed E-state index contributed by atoms with van der Waals surface area (Å²) in [5, 5.41) is -1.39. The van der Waals surface area contributed by atoms with Crippen LogP contribution in [0.2, 0.25) is 0 Å². The average Bonchev–Trinajstić information content (AvgIpc) is 1.36. The molecule has 1 heterocycles. The van der Waals surface area contributed by atoms with Crippen LogP contribution < -0.4 is 4.90 Å². The molecule has 0 spiro atoms. The SMILES string of the molecule is [2H]c1c([2H])c([2H])c(-c2c([2H])c([2H])c(N(c3c([2H])c([2H])c(-c4c([2H])c([2H])c([2H])c([2H])c4-c4c([2H])c([2H])c([2H])c([2H])c4[2H])c([2H])c3[2H])c3c([2H])c([2H])c(-c4c([2H])c([2H])c5c(c4[2H])c4c([2H])c([2H])c([2H])c([2H])c4n5-c4c([2H])c([2H])c([2H])c([2H])c4[2H])c([2H])c3[2H])c([2H])c2[2H])c([2H])c1[2H]. The lowest BCUT2D eigenvalue weighted by Gasteiger charge is -2.26. The van der Waals surface area contributed by atoms with Crippen LogP contribution in [0.25, 0.3) is 72.0 Å². The molecule has 0 saturated carbocycles. The summed E-state index contributed by atoms with van der Waals surface area (Å²) < 4.78 is 342. The van der Waals surface area contributed by atoms with Crippen LogP contribution in [0, 0.1) is 0 Å². The largest absolute Gasteiger partial charge is 0.311 e. The number of para-hydroxylation sites is 2. The van der Waals surface area contributed by atoms with Crippen molar-refractivity contribution in [3.63, 3.8) is 0 Å². The highest BCUT2D eigenvalue weighted by atomic mass is 15.1. The van der Waals surface area contributed by atoms with Crippen LogP contribution in [0.4, 0.5) is 17.1 Å². The smallest absolute Gasteiger partial charge is 0.0645 e. The van der Waals surface area contributed by atoms with Gasteiger partial charge >= 0.3 is 0 Å². The van der Waals surface area contributed by atoms with Gasteiger partial charge in [0.1, 0.15) is 0 Å². The molecule has 264 valence electrons. The number of anilines is 3. The Morgan fingerprint density at radius 3 is 1.29 bits per heavy atom. The van der Waals surface area contributed by atoms with Crippen molar-refractivity contribution in [1.29, 1.82) is 0 Å². The Bertz CT molecular complexity index is 5010. The Kier molecular flexibility index (Phi) is 3.10. The van der Waals surface area contributed by atoms with Gasteiger partial charge in [-0.1, -0.05) is 163 Å². The van der Waals surface area contributed by atoms with Crippen molar-refractivity contribution in [2.24, 2.45) is 0 Å². The van der Waals surface area contributed by atoms with E-state index in [1.807, 2.05) is 0 Å². The monoisotopic (exact) mass is 753 g/mol. The maximum Gasteiger partial charge on any atom is 0.0645 e. The van der Waals surface area contributed by atoms with Gasteiger partial charge in [-0.15, -0.1) is 0 Å². The maximum absolute atomic E-state index is 9.76. The van der Waals surface area contributed by atoms with Crippen LogP contribution in [0.5, 0.6) is 0 Å². The van der Waals surface area contributed by atoms with Gasteiger partial charge in [-0.2, -0.15) is 0 Å². The molecule has 0 atom stereocenters. The molecule has 0 amide bonds. The Morgan fingerprint density at radius 1 is 0.304 bits per heavy atom. The zero-order chi connectivity index (χ0) is 70.3. The second kappa shape index (κ2) is 14.4. The van der Waals surface area contributed by atoms with E-state index < -0.39 is 319 Å². The Labute approximate surface area is 381 Å². The Morgan fingerprint density at radius 2 is 0.696 bits per heavy atom. The molecule has 1 aromatic heterocycles. The van der Waals surface area contributed by atoms with E-state index in [1.165, 1.54) is 0 Å². The second-order valence-corrected chi connectivity index (χ2v) is 11.3. The standard InChI is InChI=1S/C54H38N2/c1-4-14-39(15-5-1)40-24-31-46(32-25-40)55(48-35-28-43(29-36-48)50-21-11-10-20-49(50)42-16-6-2-7-17-42)47-33-26-41(27-34-47)44-30-37-54-52(38-44)51-22-12-13-23-53(51)56(54)45-18-8-3-9-19-45/h1-38H/i1D,2D,3D,4D,5D,6D,7D,8D,9D,10D,11D,12D,13D,14D,15D,16D,17D,18D,19D,20D,21D,22D,23D,24D,25D,26D,27D,28D,29D,30D,31D,32D,33D,34D,35D,36D,37D,38D. The number of fused-ring (bicyclic) bond motifs is 3. The van der Waals surface area contributed by atoms with Gasteiger partial charge in [0.05, 0.1) is 63.1 Å². The molecule has 9 aromatic carbocycles. The van der Waals surface area contributed by atoms with Gasteiger partial charge in [0.15, 0.2) is 0 Å². The van der Waals surface area contributed by atoms with Crippen LogP contribution in [0.3, 0.4) is 0 Å². The first-order valence-electron chi connectivity index (χ1n) is 35.1. The summed E-state index contributed by atoms with van der Waals surface area (Å²) in [5.41, 5.74) is -14.1. The number of rotatable bonds is 8. The summed E-state index contributed by atoms with van der Waals surface area (Å²) in [6.07, 6.45) is 0. The minimum Gasteiger partial charge on any atom is -0.311 e. The summed E-state index contributed by atoms with van der Waals surface area (Å²) in [4.78, 5) is 0.185. The van der Waals surface area contributed by atoms with Crippen molar-refractivity contribution >= 4 is 38.9 Å². The molecule has 0 radical (unpaired) electrons. The van der Waals surface area contributed by atoms with Crippen LogP contribution in [-0.4, -0.2) is 4.57 Å². The molecule has 0 unspecified atom stereocenters. The zero-order valence-corrected chi connectivity index (χ0v) is 27.9. The normalized spacial score (nSPS) is 20.7. The number of nitrogens with zero attached hydrogens (tertiary/aromatic N) is 2. The molecule has 0 fully saturated rings. The second-order valence-electron chi connectivity index (χ2n) is 11.3. The molecule has 0 bridgehead atoms. The topological polar surface area (TPSA) is 8.17 Å². The van der Waals surface area contributed by atoms with E-state index in [9.17, 15) is 20.6 Å². The number of hydrogen-bond acceptors (Lipinski definition) is 1. The highest BCUT2D eigenvalue weighted by Gasteiger charge is 2.16. The van der Waals surface area contributed by atoms with E-state index in [2.05, 4.69) is 0 Å². The van der Waals surface area contributed by atoms with E-state index in [4.69, 9.17) is 31.5 Å². The summed E-state index contributed by atoms with van der Waals surface area (Å²) in [7, 11) is 0. The first-order chi connectivity index (χ1) is 43.6. The van der Waals surface area contributed by atoms with E-state index in [-0.39, 0.29) is 4.90 Å². The van der Waals surface area contributed by atoms with Crippen molar-refractivity contribution < 1.29 is 52.1 Å². The molecule has 10 aromatic rings. The van der Waals surface area contributed by atoms with Crippen molar-refractivity contribution in [2.45, 2.75) is 0 Å². The molecule has 0 aliphatic heterocycles. The third-order valence-electron chi connectivity index (χ3n) is 8.06. The quantitative estimate of drug-likeness (QED) is 0.150. The number of benzene rings is 9. The van der Waals surface area contributed by atoms with Gasteiger partial charge in [-0.25, -0.2) is 0 Å². The fourth-order valence-corrected chi connectivity index (χ4v) is 5.62. The summed E-state index contributed by atoms with van der Waals surface area (Å²) in [5.74, 6) is 0. The van der Waals surface area contributed by atoms with E-state index >= 15 is 0 Å². The lowest BCUT2D eigenvalue weighted by atomic mass is 9.94. The van der Waals surface area contributed by atoms with Crippen LogP contribution >= 0.6 is 0 Å². The predicted molar refractivity (Wildman–Crippen MR) is 237 cm³/mol. The number of hydrogen-bond donors (Lipinski definition) is 0. The van der Waals surface area contributed by atoms with Gasteiger partial charge in [0.2, 0.25) is 0 Å². The minimum atomic E-state index is -1.44. The molecular weight excluding hydrogens is 677 g/mol. The minimum absolute atomic E-state index is 0.185. The van der Waals surface area contributed by atoms with Gasteiger partial charge in [0.25, 0.3) is 0 Å². The molecule has 10 rings (SSSR count). The van der Waals surface area contributed by atoms with Crippen LogP contribution in [0.1, 0.15) is 52.1 Å².